The van der Waals surface area contributed by atoms with Crippen molar-refractivity contribution >= 4 is 24.6 Å². The predicted molar refractivity (Wildman–Crippen MR) is 89.1 cm³/mol. The minimum absolute atomic E-state index is 0.722. The maximum absolute atomic E-state index is 16.0. The van der Waals surface area contributed by atoms with Crippen LogP contribution in [0, 0.1) is 0 Å². The Balaban J connectivity index is 2.07. The molecule has 0 aliphatic heterocycles. The molecular weight excluding hydrogens is 277 g/mol. The summed E-state index contributed by atoms with van der Waals surface area (Å²) < 4.78 is 16.0. The molecule has 0 saturated carbocycles. The van der Waals surface area contributed by atoms with Gasteiger partial charge >= 0.3 is 8.57 Å². The summed E-state index contributed by atoms with van der Waals surface area (Å²) in [5.74, 6) is 0. The van der Waals surface area contributed by atoms with Gasteiger partial charge in [-0.1, -0.05) is 78.9 Å². The lowest BCUT2D eigenvalue weighted by molar-refractivity contribution is 0.830. The first-order valence-electron chi connectivity index (χ1n) is 6.92. The van der Waals surface area contributed by atoms with Gasteiger partial charge in [0.25, 0.3) is 0 Å². The van der Waals surface area contributed by atoms with Gasteiger partial charge in [-0.3, -0.25) is 4.11 Å². The molecule has 0 aliphatic carbocycles. The highest BCUT2D eigenvalue weighted by Gasteiger charge is 2.39. The molecule has 21 heavy (non-hydrogen) atoms. The summed E-state index contributed by atoms with van der Waals surface area (Å²) in [7, 11) is -3.49. The number of nitrogens with one attached hydrogen (secondary N) is 1. The highest BCUT2D eigenvalue weighted by Crippen LogP contribution is 2.14. The Kier molecular flexibility index (Phi) is 3.84. The molecule has 0 aliphatic rings. The number of rotatable bonds is 4. The first-order valence-corrected chi connectivity index (χ1v) is 8.80. The second kappa shape index (κ2) is 5.93. The van der Waals surface area contributed by atoms with Crippen molar-refractivity contribution in [3.63, 3.8) is 0 Å². The largest absolute Gasteiger partial charge is 0.410 e. The second-order valence-electron chi connectivity index (χ2n) is 4.88. The van der Waals surface area contributed by atoms with Crippen molar-refractivity contribution in [1.82, 2.24) is 0 Å². The van der Waals surface area contributed by atoms with Crippen LogP contribution >= 0.6 is 0 Å². The lowest BCUT2D eigenvalue weighted by Crippen LogP contribution is -2.61. The number of hydrogen-bond donors (Lipinski definition) is 1. The summed E-state index contributed by atoms with van der Waals surface area (Å²) in [6.45, 7) is 0. The van der Waals surface area contributed by atoms with E-state index in [2.05, 4.69) is 4.98 Å². The first-order chi connectivity index (χ1) is 10.3. The zero-order valence-corrected chi connectivity index (χ0v) is 12.5. The van der Waals surface area contributed by atoms with Gasteiger partial charge in [-0.05, 0) is 22.5 Å². The Labute approximate surface area is 125 Å². The molecule has 0 atom stereocenters. The summed E-state index contributed by atoms with van der Waals surface area (Å²) in [4.78, 5) is 3.16. The Bertz CT molecular complexity index is 647. The van der Waals surface area contributed by atoms with Gasteiger partial charge in [0.1, 0.15) is 0 Å². The van der Waals surface area contributed by atoms with Crippen LogP contribution in [0.1, 0.15) is 0 Å². The third-order valence-electron chi connectivity index (χ3n) is 3.43. The van der Waals surface area contributed by atoms with Crippen molar-refractivity contribution in [3.05, 3.63) is 91.0 Å². The van der Waals surface area contributed by atoms with Crippen LogP contribution in [0.25, 0.3) is 0 Å². The molecule has 0 aromatic heterocycles. The van der Waals surface area contributed by atoms with E-state index in [0.717, 1.165) is 16.1 Å². The van der Waals surface area contributed by atoms with Gasteiger partial charge in [-0.15, -0.1) is 0 Å². The van der Waals surface area contributed by atoms with Crippen molar-refractivity contribution in [3.8, 4) is 0 Å². The maximum Gasteiger partial charge on any atom is 0.410 e. The molecule has 0 saturated heterocycles. The van der Waals surface area contributed by atoms with E-state index in [4.69, 9.17) is 0 Å². The minimum atomic E-state index is -3.49. The molecule has 0 bridgehead atoms. The number of benzene rings is 3. The second-order valence-corrected chi connectivity index (χ2v) is 7.60. The number of halogens is 1. The van der Waals surface area contributed by atoms with Crippen LogP contribution in [-0.2, 0) is 0 Å². The fraction of sp³-hybridized carbons (Fsp3) is 0. The van der Waals surface area contributed by atoms with Crippen LogP contribution in [0.15, 0.2) is 91.0 Å². The van der Waals surface area contributed by atoms with Crippen LogP contribution in [0.2, 0.25) is 0 Å². The Morgan fingerprint density at radius 3 is 1.38 bits per heavy atom. The van der Waals surface area contributed by atoms with E-state index >= 15 is 4.11 Å². The standard InChI is InChI=1S/C18H16FNSi/c19-21(17-12-6-2-7-13-17,18-14-8-3-9-15-18)20-16-10-4-1-5-11-16/h1-15,20H. The molecule has 3 aromatic carbocycles. The molecule has 3 rings (SSSR count). The molecule has 0 fully saturated rings. The van der Waals surface area contributed by atoms with E-state index in [1.54, 1.807) is 0 Å². The van der Waals surface area contributed by atoms with Crippen molar-refractivity contribution in [2.75, 3.05) is 4.98 Å². The lowest BCUT2D eigenvalue weighted by Gasteiger charge is -2.25. The SMILES string of the molecule is F[Si](Nc1ccccc1)(c1ccccc1)c1ccccc1. The highest BCUT2D eigenvalue weighted by atomic mass is 28.4. The molecule has 0 amide bonds. The molecule has 1 N–H and O–H groups in total. The highest BCUT2D eigenvalue weighted by molar-refractivity contribution is 6.99. The molecule has 1 nitrogen and oxygen atoms in total. The molecule has 0 spiro atoms. The fourth-order valence-electron chi connectivity index (χ4n) is 2.37. The van der Waals surface area contributed by atoms with E-state index in [1.807, 2.05) is 91.0 Å². The summed E-state index contributed by atoms with van der Waals surface area (Å²) in [6.07, 6.45) is 0. The van der Waals surface area contributed by atoms with E-state index in [9.17, 15) is 0 Å². The van der Waals surface area contributed by atoms with Crippen LogP contribution in [-0.4, -0.2) is 8.57 Å². The maximum atomic E-state index is 16.0. The Hall–Kier alpha value is -2.39. The van der Waals surface area contributed by atoms with Crippen LogP contribution in [0.3, 0.4) is 0 Å². The topological polar surface area (TPSA) is 12.0 Å². The van der Waals surface area contributed by atoms with Gasteiger partial charge < -0.3 is 4.98 Å². The van der Waals surface area contributed by atoms with Crippen molar-refractivity contribution in [1.29, 1.82) is 0 Å². The molecule has 0 heterocycles. The van der Waals surface area contributed by atoms with Gasteiger partial charge in [0.15, 0.2) is 0 Å². The van der Waals surface area contributed by atoms with E-state index in [0.29, 0.717) is 0 Å². The quantitative estimate of drug-likeness (QED) is 0.575. The zero-order valence-electron chi connectivity index (χ0n) is 11.5. The van der Waals surface area contributed by atoms with Gasteiger partial charge in [0.2, 0.25) is 0 Å². The zero-order chi connectivity index (χ0) is 14.5. The average Bonchev–Trinajstić information content (AvgIpc) is 2.57. The van der Waals surface area contributed by atoms with Gasteiger partial charge in [-0.2, -0.15) is 0 Å². The Morgan fingerprint density at radius 1 is 0.571 bits per heavy atom. The monoisotopic (exact) mass is 293 g/mol. The number of hydrogen-bond acceptors (Lipinski definition) is 1. The van der Waals surface area contributed by atoms with E-state index in [1.165, 1.54) is 0 Å². The van der Waals surface area contributed by atoms with E-state index in [-0.39, 0.29) is 0 Å². The molecule has 0 radical (unpaired) electrons. The molecule has 0 unspecified atom stereocenters. The normalized spacial score (nSPS) is 11.1. The smallest absolute Gasteiger partial charge is 0.379 e. The van der Waals surface area contributed by atoms with Crippen LogP contribution < -0.4 is 15.4 Å². The minimum Gasteiger partial charge on any atom is -0.379 e. The molecular formula is C18H16FNSi. The molecule has 104 valence electrons. The van der Waals surface area contributed by atoms with Crippen molar-refractivity contribution in [2.24, 2.45) is 0 Å². The third kappa shape index (κ3) is 2.88. The first kappa shape index (κ1) is 13.6. The van der Waals surface area contributed by atoms with E-state index < -0.39 is 8.57 Å². The van der Waals surface area contributed by atoms with Crippen LogP contribution in [0.4, 0.5) is 9.80 Å². The number of para-hydroxylation sites is 1. The molecule has 3 heteroatoms. The summed E-state index contributed by atoms with van der Waals surface area (Å²) in [5, 5.41) is 1.44. The predicted octanol–water partition coefficient (Wildman–Crippen LogP) is 3.32. The van der Waals surface area contributed by atoms with Crippen molar-refractivity contribution in [2.45, 2.75) is 0 Å². The van der Waals surface area contributed by atoms with Gasteiger partial charge in [0.05, 0.1) is 0 Å². The number of anilines is 1. The average molecular weight is 293 g/mol. The summed E-state index contributed by atoms with van der Waals surface area (Å²) in [6, 6.07) is 28.3. The third-order valence-corrected chi connectivity index (χ3v) is 6.32. The van der Waals surface area contributed by atoms with Gasteiger partial charge in [-0.25, -0.2) is 0 Å². The van der Waals surface area contributed by atoms with Crippen LogP contribution in [0.5, 0.6) is 0 Å². The van der Waals surface area contributed by atoms with Gasteiger partial charge in [0, 0.05) is 5.69 Å². The lowest BCUT2D eigenvalue weighted by atomic mass is 10.3. The van der Waals surface area contributed by atoms with Crippen molar-refractivity contribution < 1.29 is 4.11 Å². The summed E-state index contributed by atoms with van der Waals surface area (Å²) in [5.41, 5.74) is 0.805. The fourth-order valence-corrected chi connectivity index (χ4v) is 4.86. The Morgan fingerprint density at radius 2 is 0.952 bits per heavy atom. The molecule has 3 aromatic rings. The summed E-state index contributed by atoms with van der Waals surface area (Å²) >= 11 is 0.